The van der Waals surface area contributed by atoms with E-state index >= 15 is 0 Å². The predicted octanol–water partition coefficient (Wildman–Crippen LogP) is 3.69. The van der Waals surface area contributed by atoms with Crippen LogP contribution in [0.15, 0.2) is 34.9 Å². The van der Waals surface area contributed by atoms with Crippen molar-refractivity contribution >= 4 is 28.3 Å². The molecule has 1 aromatic carbocycles. The number of halogens is 2. The molecule has 1 aromatic heterocycles. The second-order valence-electron chi connectivity index (χ2n) is 4.34. The molecule has 1 aliphatic rings. The molecule has 2 heterocycles. The second-order valence-corrected chi connectivity index (χ2v) is 5.26. The van der Waals surface area contributed by atoms with Gasteiger partial charge in [0.15, 0.2) is 0 Å². The largest absolute Gasteiger partial charge is 0.341 e. The molecule has 1 atom stereocenters. The Morgan fingerprint density at radius 3 is 2.94 bits per heavy atom. The molecule has 3 rings (SSSR count). The highest BCUT2D eigenvalue weighted by Gasteiger charge is 2.19. The smallest absolute Gasteiger partial charge is 0.123 e. The first kappa shape index (κ1) is 13.6. The van der Waals surface area contributed by atoms with E-state index in [1.807, 2.05) is 18.3 Å². The summed E-state index contributed by atoms with van der Waals surface area (Å²) >= 11 is 3.49. The number of rotatable bonds is 2. The van der Waals surface area contributed by atoms with Gasteiger partial charge >= 0.3 is 0 Å². The van der Waals surface area contributed by atoms with E-state index in [4.69, 9.17) is 0 Å². The number of benzene rings is 1. The van der Waals surface area contributed by atoms with Crippen LogP contribution in [0.4, 0.5) is 0 Å². The van der Waals surface area contributed by atoms with Gasteiger partial charge in [-0.1, -0.05) is 28.1 Å². The lowest BCUT2D eigenvalue weighted by Crippen LogP contribution is -2.14. The lowest BCUT2D eigenvalue weighted by molar-refractivity contribution is 0.613. The zero-order chi connectivity index (χ0) is 11.7. The molecule has 0 amide bonds. The molecule has 1 fully saturated rings. The molecular formula is C13H15BrClN3. The van der Waals surface area contributed by atoms with Crippen molar-refractivity contribution in [2.24, 2.45) is 0 Å². The Hall–Kier alpha value is -0.840. The van der Waals surface area contributed by atoms with Crippen molar-refractivity contribution in [3.05, 3.63) is 40.8 Å². The van der Waals surface area contributed by atoms with E-state index in [0.29, 0.717) is 6.04 Å². The molecule has 96 valence electrons. The predicted molar refractivity (Wildman–Crippen MR) is 78.9 cm³/mol. The fraction of sp³-hybridized carbons (Fsp3) is 0.308. The minimum atomic E-state index is 0. The summed E-state index contributed by atoms with van der Waals surface area (Å²) in [5, 5.41) is 3.45. The van der Waals surface area contributed by atoms with Crippen molar-refractivity contribution in [2.45, 2.75) is 18.9 Å². The van der Waals surface area contributed by atoms with Crippen molar-refractivity contribution in [2.75, 3.05) is 6.54 Å². The maximum absolute atomic E-state index is 4.47. The molecule has 1 aliphatic heterocycles. The standard InChI is InChI=1S/C13H14BrN3.ClH/c14-10-4-1-3-9(7-10)12-8-16-13(17-12)11-5-2-6-15-11;/h1,3-4,7-8,11,15H,2,5-6H2,(H,16,17);1H/t11-;/m0./s1. The van der Waals surface area contributed by atoms with Crippen LogP contribution in [-0.2, 0) is 0 Å². The zero-order valence-corrected chi connectivity index (χ0v) is 12.2. The zero-order valence-electron chi connectivity index (χ0n) is 9.82. The van der Waals surface area contributed by atoms with Crippen LogP contribution in [0, 0.1) is 0 Å². The third-order valence-corrected chi connectivity index (χ3v) is 3.61. The highest BCUT2D eigenvalue weighted by Crippen LogP contribution is 2.25. The lowest BCUT2D eigenvalue weighted by Gasteiger charge is -2.05. The molecule has 3 nitrogen and oxygen atoms in total. The minimum absolute atomic E-state index is 0. The maximum Gasteiger partial charge on any atom is 0.123 e. The molecule has 0 bridgehead atoms. The monoisotopic (exact) mass is 327 g/mol. The molecule has 1 saturated heterocycles. The van der Waals surface area contributed by atoms with E-state index in [-0.39, 0.29) is 12.4 Å². The van der Waals surface area contributed by atoms with Crippen molar-refractivity contribution in [3.63, 3.8) is 0 Å². The summed E-state index contributed by atoms with van der Waals surface area (Å²) in [5.41, 5.74) is 2.24. The van der Waals surface area contributed by atoms with Crippen molar-refractivity contribution in [3.8, 4) is 11.3 Å². The molecule has 0 saturated carbocycles. The molecule has 0 unspecified atom stereocenters. The Bertz CT molecular complexity index is 520. The van der Waals surface area contributed by atoms with Gasteiger partial charge in [-0.15, -0.1) is 12.4 Å². The Balaban J connectivity index is 0.00000120. The molecule has 0 radical (unpaired) electrons. The fourth-order valence-electron chi connectivity index (χ4n) is 2.23. The van der Waals surface area contributed by atoms with Gasteiger partial charge in [-0.2, -0.15) is 0 Å². The summed E-state index contributed by atoms with van der Waals surface area (Å²) in [6.45, 7) is 1.09. The average Bonchev–Trinajstić information content (AvgIpc) is 3.00. The van der Waals surface area contributed by atoms with Crippen molar-refractivity contribution < 1.29 is 0 Å². The van der Waals surface area contributed by atoms with Crippen LogP contribution >= 0.6 is 28.3 Å². The van der Waals surface area contributed by atoms with Gasteiger partial charge in [-0.3, -0.25) is 0 Å². The quantitative estimate of drug-likeness (QED) is 0.883. The summed E-state index contributed by atoms with van der Waals surface area (Å²) in [5.74, 6) is 1.05. The third-order valence-electron chi connectivity index (χ3n) is 3.12. The number of imidazole rings is 1. The van der Waals surface area contributed by atoms with Gasteiger partial charge in [0, 0.05) is 10.0 Å². The third kappa shape index (κ3) is 2.76. The number of H-pyrrole nitrogens is 1. The van der Waals surface area contributed by atoms with Crippen LogP contribution in [0.5, 0.6) is 0 Å². The van der Waals surface area contributed by atoms with E-state index in [1.165, 1.54) is 12.8 Å². The van der Waals surface area contributed by atoms with Gasteiger partial charge in [-0.05, 0) is 31.5 Å². The molecule has 0 spiro atoms. The maximum atomic E-state index is 4.47. The summed E-state index contributed by atoms with van der Waals surface area (Å²) in [7, 11) is 0. The molecular weight excluding hydrogens is 314 g/mol. The number of aromatic nitrogens is 2. The normalized spacial score (nSPS) is 18.6. The number of hydrogen-bond acceptors (Lipinski definition) is 2. The molecule has 0 aliphatic carbocycles. The first-order chi connectivity index (χ1) is 8.33. The summed E-state index contributed by atoms with van der Waals surface area (Å²) in [4.78, 5) is 7.88. The number of aromatic amines is 1. The Morgan fingerprint density at radius 2 is 2.22 bits per heavy atom. The molecule has 2 aromatic rings. The first-order valence-corrected chi connectivity index (χ1v) is 6.66. The number of nitrogens with one attached hydrogen (secondary N) is 2. The van der Waals surface area contributed by atoms with E-state index < -0.39 is 0 Å². The van der Waals surface area contributed by atoms with Crippen LogP contribution < -0.4 is 5.32 Å². The molecule has 18 heavy (non-hydrogen) atoms. The Labute approximate surface area is 121 Å². The van der Waals surface area contributed by atoms with Crippen LogP contribution in [-0.4, -0.2) is 16.5 Å². The SMILES string of the molecule is Brc1cccc(-c2cnc([C@@H]3CCCN3)[nH]2)c1.Cl. The first-order valence-electron chi connectivity index (χ1n) is 5.87. The summed E-state index contributed by atoms with van der Waals surface area (Å²) < 4.78 is 1.09. The summed E-state index contributed by atoms with van der Waals surface area (Å²) in [6, 6.07) is 8.65. The van der Waals surface area contributed by atoms with Gasteiger partial charge in [0.05, 0.1) is 17.9 Å². The van der Waals surface area contributed by atoms with Crippen LogP contribution in [0.2, 0.25) is 0 Å². The second kappa shape index (κ2) is 5.87. The van der Waals surface area contributed by atoms with Gasteiger partial charge in [0.1, 0.15) is 5.82 Å². The fourth-order valence-corrected chi connectivity index (χ4v) is 2.63. The van der Waals surface area contributed by atoms with Crippen LogP contribution in [0.1, 0.15) is 24.7 Å². The number of hydrogen-bond donors (Lipinski definition) is 2. The van der Waals surface area contributed by atoms with Crippen LogP contribution in [0.25, 0.3) is 11.3 Å². The van der Waals surface area contributed by atoms with Crippen LogP contribution in [0.3, 0.4) is 0 Å². The average molecular weight is 329 g/mol. The van der Waals surface area contributed by atoms with Crippen molar-refractivity contribution in [1.82, 2.24) is 15.3 Å². The molecule has 2 N–H and O–H groups in total. The van der Waals surface area contributed by atoms with Crippen molar-refractivity contribution in [1.29, 1.82) is 0 Å². The highest BCUT2D eigenvalue weighted by molar-refractivity contribution is 9.10. The Morgan fingerprint density at radius 1 is 1.33 bits per heavy atom. The van der Waals surface area contributed by atoms with Gasteiger partial charge in [0.25, 0.3) is 0 Å². The van der Waals surface area contributed by atoms with E-state index in [1.54, 1.807) is 0 Å². The van der Waals surface area contributed by atoms with Gasteiger partial charge in [-0.25, -0.2) is 4.98 Å². The van der Waals surface area contributed by atoms with E-state index in [2.05, 4.69) is 43.3 Å². The summed E-state index contributed by atoms with van der Waals surface area (Å²) in [6.07, 6.45) is 4.32. The van der Waals surface area contributed by atoms with E-state index in [0.717, 1.165) is 28.1 Å². The topological polar surface area (TPSA) is 40.7 Å². The minimum Gasteiger partial charge on any atom is -0.341 e. The molecule has 5 heteroatoms. The van der Waals surface area contributed by atoms with Gasteiger partial charge < -0.3 is 10.3 Å². The highest BCUT2D eigenvalue weighted by atomic mass is 79.9. The lowest BCUT2D eigenvalue weighted by atomic mass is 10.2. The van der Waals surface area contributed by atoms with Gasteiger partial charge in [0.2, 0.25) is 0 Å². The number of nitrogens with zero attached hydrogens (tertiary/aromatic N) is 1. The van der Waals surface area contributed by atoms with E-state index in [9.17, 15) is 0 Å². The Kier molecular flexibility index (Phi) is 4.43.